The van der Waals surface area contributed by atoms with Crippen molar-refractivity contribution in [3.05, 3.63) is 168 Å². The normalized spacial score (nSPS) is 11.5. The molecular formula is C45H30N4. The summed E-state index contributed by atoms with van der Waals surface area (Å²) >= 11 is 0. The molecule has 0 saturated carbocycles. The Morgan fingerprint density at radius 1 is 0.612 bits per heavy atom. The largest absolute Gasteiger partial charge is 0.309 e. The molecule has 0 saturated heterocycles. The maximum absolute atomic E-state index is 10.4. The van der Waals surface area contributed by atoms with Gasteiger partial charge in [-0.3, -0.25) is 0 Å². The number of fused-ring (bicyclic) bond motifs is 4. The van der Waals surface area contributed by atoms with Crippen LogP contribution in [0.25, 0.3) is 78.5 Å². The van der Waals surface area contributed by atoms with Crippen LogP contribution in [0.2, 0.25) is 0 Å². The van der Waals surface area contributed by atoms with E-state index in [0.717, 1.165) is 55.8 Å². The molecule has 0 atom stereocenters. The molecule has 0 aliphatic carbocycles. The molecule has 6 aromatic carbocycles. The van der Waals surface area contributed by atoms with Crippen molar-refractivity contribution < 1.29 is 0 Å². The van der Waals surface area contributed by atoms with E-state index in [4.69, 9.17) is 0 Å². The standard InChI is InChI=1S/C45H30N4/c1-3-41-40(26-30(2)28-46)39-15-7-9-17-43(39)48(41)34-24-25-35(33(27-34)29-47)31-20-22-32(23-21-31)36-12-4-8-16-42(36)49-44-18-10-5-13-37(44)38-14-6-11-19-45(38)49/h3-27H,1H2,2H3/b30-26+. The van der Waals surface area contributed by atoms with Gasteiger partial charge in [0.05, 0.1) is 45.6 Å². The second-order valence-electron chi connectivity index (χ2n) is 12.1. The number of nitrogens with zero attached hydrogens (tertiary/aromatic N) is 4. The molecule has 0 aliphatic heterocycles. The lowest BCUT2D eigenvalue weighted by Gasteiger charge is -2.15. The highest BCUT2D eigenvalue weighted by molar-refractivity contribution is 6.09. The van der Waals surface area contributed by atoms with Gasteiger partial charge in [-0.25, -0.2) is 0 Å². The van der Waals surface area contributed by atoms with Gasteiger partial charge in [0.2, 0.25) is 0 Å². The second kappa shape index (κ2) is 12.0. The SMILES string of the molecule is C=Cc1c(/C=C(\C)C#N)c2ccccc2n1-c1ccc(-c2ccc(-c3ccccc3-n3c4ccccc4c4ccccc43)cc2)c(C#N)c1. The van der Waals surface area contributed by atoms with E-state index in [1.54, 1.807) is 6.92 Å². The van der Waals surface area contributed by atoms with E-state index in [2.05, 4.69) is 137 Å². The lowest BCUT2D eigenvalue weighted by Crippen LogP contribution is -1.99. The molecule has 49 heavy (non-hydrogen) atoms. The first-order valence-corrected chi connectivity index (χ1v) is 16.2. The van der Waals surface area contributed by atoms with Crippen molar-refractivity contribution in [2.24, 2.45) is 0 Å². The van der Waals surface area contributed by atoms with Crippen molar-refractivity contribution in [3.8, 4) is 45.8 Å². The van der Waals surface area contributed by atoms with Crippen LogP contribution >= 0.6 is 0 Å². The van der Waals surface area contributed by atoms with E-state index in [1.165, 1.54) is 21.8 Å². The van der Waals surface area contributed by atoms with Gasteiger partial charge in [0.25, 0.3) is 0 Å². The van der Waals surface area contributed by atoms with Crippen LogP contribution in [0, 0.1) is 22.7 Å². The van der Waals surface area contributed by atoms with Gasteiger partial charge in [0.1, 0.15) is 0 Å². The van der Waals surface area contributed by atoms with E-state index in [9.17, 15) is 10.5 Å². The average Bonchev–Trinajstić information content (AvgIpc) is 3.67. The third-order valence-electron chi connectivity index (χ3n) is 9.30. The Morgan fingerprint density at radius 2 is 1.16 bits per heavy atom. The van der Waals surface area contributed by atoms with Crippen LogP contribution in [0.5, 0.6) is 0 Å². The zero-order chi connectivity index (χ0) is 33.5. The van der Waals surface area contributed by atoms with Gasteiger partial charge in [-0.05, 0) is 72.2 Å². The van der Waals surface area contributed by atoms with Crippen molar-refractivity contribution in [2.45, 2.75) is 6.92 Å². The summed E-state index contributed by atoms with van der Waals surface area (Å²) in [7, 11) is 0. The Kier molecular flexibility index (Phi) is 7.26. The van der Waals surface area contributed by atoms with Crippen molar-refractivity contribution in [2.75, 3.05) is 0 Å². The molecule has 230 valence electrons. The molecule has 2 heterocycles. The number of benzene rings is 6. The number of rotatable bonds is 6. The van der Waals surface area contributed by atoms with Crippen molar-refractivity contribution >= 4 is 44.9 Å². The van der Waals surface area contributed by atoms with E-state index in [0.29, 0.717) is 11.1 Å². The van der Waals surface area contributed by atoms with Crippen LogP contribution in [0.15, 0.2) is 152 Å². The predicted octanol–water partition coefficient (Wildman–Crippen LogP) is 11.5. The first kappa shape index (κ1) is 29.5. The molecule has 8 aromatic rings. The van der Waals surface area contributed by atoms with Gasteiger partial charge in [0.15, 0.2) is 0 Å². The summed E-state index contributed by atoms with van der Waals surface area (Å²) in [4.78, 5) is 0. The van der Waals surface area contributed by atoms with Crippen molar-refractivity contribution in [1.29, 1.82) is 10.5 Å². The fourth-order valence-corrected chi connectivity index (χ4v) is 7.10. The first-order chi connectivity index (χ1) is 24.1. The van der Waals surface area contributed by atoms with Crippen LogP contribution in [-0.2, 0) is 0 Å². The molecule has 8 rings (SSSR count). The van der Waals surface area contributed by atoms with Gasteiger partial charge in [-0.2, -0.15) is 10.5 Å². The summed E-state index contributed by atoms with van der Waals surface area (Å²) in [6, 6.07) is 52.9. The molecule has 0 spiro atoms. The van der Waals surface area contributed by atoms with E-state index in [1.807, 2.05) is 42.5 Å². The summed E-state index contributed by atoms with van der Waals surface area (Å²) in [5.74, 6) is 0. The molecule has 0 fully saturated rings. The van der Waals surface area contributed by atoms with E-state index in [-0.39, 0.29) is 0 Å². The van der Waals surface area contributed by atoms with Gasteiger partial charge in [-0.1, -0.05) is 110 Å². The summed E-state index contributed by atoms with van der Waals surface area (Å²) in [5, 5.41) is 23.3. The Balaban J connectivity index is 1.21. The number of hydrogen-bond donors (Lipinski definition) is 0. The Morgan fingerprint density at radius 3 is 1.78 bits per heavy atom. The predicted molar refractivity (Wildman–Crippen MR) is 203 cm³/mol. The maximum atomic E-state index is 10.4. The van der Waals surface area contributed by atoms with Crippen LogP contribution in [0.3, 0.4) is 0 Å². The number of para-hydroxylation sites is 4. The van der Waals surface area contributed by atoms with Gasteiger partial charge >= 0.3 is 0 Å². The molecule has 0 unspecified atom stereocenters. The number of nitriles is 2. The van der Waals surface area contributed by atoms with Crippen molar-refractivity contribution in [1.82, 2.24) is 9.13 Å². The van der Waals surface area contributed by atoms with Crippen LogP contribution in [0.4, 0.5) is 0 Å². The first-order valence-electron chi connectivity index (χ1n) is 16.2. The minimum absolute atomic E-state index is 0.578. The fraction of sp³-hybridized carbons (Fsp3) is 0.0222. The second-order valence-corrected chi connectivity index (χ2v) is 12.1. The highest BCUT2D eigenvalue weighted by atomic mass is 15.0. The molecule has 0 amide bonds. The van der Waals surface area contributed by atoms with Gasteiger partial charge < -0.3 is 9.13 Å². The smallest absolute Gasteiger partial charge is 0.0998 e. The Bertz CT molecular complexity index is 2650. The average molecular weight is 627 g/mol. The molecule has 0 N–H and O–H groups in total. The zero-order valence-electron chi connectivity index (χ0n) is 26.9. The third kappa shape index (κ3) is 4.83. The highest BCUT2D eigenvalue weighted by Crippen LogP contribution is 2.38. The molecule has 0 bridgehead atoms. The topological polar surface area (TPSA) is 57.4 Å². The highest BCUT2D eigenvalue weighted by Gasteiger charge is 2.18. The molecule has 4 nitrogen and oxygen atoms in total. The van der Waals surface area contributed by atoms with Crippen molar-refractivity contribution in [3.63, 3.8) is 0 Å². The van der Waals surface area contributed by atoms with Gasteiger partial charge in [-0.15, -0.1) is 0 Å². The monoisotopic (exact) mass is 626 g/mol. The summed E-state index contributed by atoms with van der Waals surface area (Å²) in [6.45, 7) is 5.90. The number of hydrogen-bond acceptors (Lipinski definition) is 2. The van der Waals surface area contributed by atoms with Crippen LogP contribution < -0.4 is 0 Å². The quantitative estimate of drug-likeness (QED) is 0.172. The molecule has 0 aliphatic rings. The zero-order valence-corrected chi connectivity index (χ0v) is 26.9. The summed E-state index contributed by atoms with van der Waals surface area (Å²) in [5.41, 5.74) is 12.4. The third-order valence-corrected chi connectivity index (χ3v) is 9.30. The van der Waals surface area contributed by atoms with Crippen LogP contribution in [0.1, 0.15) is 23.7 Å². The number of allylic oxidation sites excluding steroid dienone is 1. The lowest BCUT2D eigenvalue weighted by atomic mass is 9.96. The van der Waals surface area contributed by atoms with Gasteiger partial charge in [0, 0.05) is 38.5 Å². The maximum Gasteiger partial charge on any atom is 0.0998 e. The molecule has 2 aromatic heterocycles. The lowest BCUT2D eigenvalue weighted by molar-refractivity contribution is 1.10. The summed E-state index contributed by atoms with van der Waals surface area (Å²) < 4.78 is 4.46. The minimum atomic E-state index is 0.578. The number of aromatic nitrogens is 2. The molecule has 0 radical (unpaired) electrons. The Hall–Kier alpha value is -6.88. The molecular weight excluding hydrogens is 597 g/mol. The van der Waals surface area contributed by atoms with Crippen LogP contribution in [-0.4, -0.2) is 9.13 Å². The van der Waals surface area contributed by atoms with E-state index < -0.39 is 0 Å². The van der Waals surface area contributed by atoms with E-state index >= 15 is 0 Å². The fourth-order valence-electron chi connectivity index (χ4n) is 7.10. The minimum Gasteiger partial charge on any atom is -0.309 e. The Labute approximate surface area is 285 Å². The molecule has 4 heteroatoms. The summed E-state index contributed by atoms with van der Waals surface area (Å²) in [6.07, 6.45) is 3.71.